The Kier molecular flexibility index (Phi) is 5.43. The molecule has 7 aromatic carbocycles. The summed E-state index contributed by atoms with van der Waals surface area (Å²) in [7, 11) is 0. The predicted octanol–water partition coefficient (Wildman–Crippen LogP) is 12.5. The first-order valence-corrected chi connectivity index (χ1v) is 16.9. The fourth-order valence-corrected chi connectivity index (χ4v) is 8.60. The number of fused-ring (bicyclic) bond motifs is 12. The largest absolute Gasteiger partial charge is 0.456 e. The molecule has 0 bridgehead atoms. The van der Waals surface area contributed by atoms with Gasteiger partial charge in [0.05, 0.1) is 11.1 Å². The third-order valence-corrected chi connectivity index (χ3v) is 10.9. The van der Waals surface area contributed by atoms with Crippen molar-refractivity contribution in [1.29, 1.82) is 0 Å². The summed E-state index contributed by atoms with van der Waals surface area (Å²) in [5.41, 5.74) is 14.1. The Balaban J connectivity index is 1.13. The molecule has 0 radical (unpaired) electrons. The lowest BCUT2D eigenvalue weighted by molar-refractivity contribution is 0.662. The maximum atomic E-state index is 6.77. The van der Waals surface area contributed by atoms with Gasteiger partial charge in [0, 0.05) is 39.3 Å². The second-order valence-electron chi connectivity index (χ2n) is 13.5. The minimum absolute atomic E-state index is 0.0768. The Morgan fingerprint density at radius 1 is 0.571 bits per heavy atom. The van der Waals surface area contributed by atoms with Crippen molar-refractivity contribution < 1.29 is 8.83 Å². The number of aliphatic imine (C=N–C) groups is 1. The van der Waals surface area contributed by atoms with Gasteiger partial charge in [-0.15, -0.1) is 0 Å². The van der Waals surface area contributed by atoms with Gasteiger partial charge in [-0.05, 0) is 93.0 Å². The highest BCUT2D eigenvalue weighted by Gasteiger charge is 2.37. The van der Waals surface area contributed by atoms with Crippen LogP contribution in [0.25, 0.3) is 71.3 Å². The fraction of sp³-hybridized carbons (Fsp3) is 0.0652. The summed E-state index contributed by atoms with van der Waals surface area (Å²) in [6.45, 7) is 4.78. The van der Waals surface area contributed by atoms with E-state index >= 15 is 0 Å². The van der Waals surface area contributed by atoms with E-state index in [1.807, 2.05) is 12.1 Å². The molecule has 3 heterocycles. The molecule has 0 saturated heterocycles. The van der Waals surface area contributed by atoms with Crippen molar-refractivity contribution in [2.45, 2.75) is 18.3 Å². The number of furan rings is 2. The Hall–Kier alpha value is -6.19. The van der Waals surface area contributed by atoms with Crippen LogP contribution in [-0.4, -0.2) is 5.71 Å². The van der Waals surface area contributed by atoms with Crippen molar-refractivity contribution >= 4 is 71.6 Å². The van der Waals surface area contributed by atoms with Gasteiger partial charge in [0.2, 0.25) is 0 Å². The van der Waals surface area contributed by atoms with Gasteiger partial charge in [0.1, 0.15) is 22.3 Å². The normalized spacial score (nSPS) is 17.1. The van der Waals surface area contributed by atoms with E-state index in [9.17, 15) is 0 Å². The maximum Gasteiger partial charge on any atom is 0.147 e. The summed E-state index contributed by atoms with van der Waals surface area (Å²) < 4.78 is 13.0. The molecular formula is C46H29NO2. The van der Waals surface area contributed by atoms with Crippen LogP contribution >= 0.6 is 0 Å². The van der Waals surface area contributed by atoms with Crippen LogP contribution in [0.4, 0.5) is 5.69 Å². The highest BCUT2D eigenvalue weighted by atomic mass is 16.3. The summed E-state index contributed by atoms with van der Waals surface area (Å²) in [6, 6.07) is 49.8. The molecule has 2 atom stereocenters. The van der Waals surface area contributed by atoms with Crippen LogP contribution in [-0.2, 0) is 6.42 Å². The molecule has 9 aromatic rings. The van der Waals surface area contributed by atoms with Crippen LogP contribution in [0.2, 0.25) is 0 Å². The van der Waals surface area contributed by atoms with E-state index in [-0.39, 0.29) is 11.8 Å². The molecule has 3 heteroatoms. The van der Waals surface area contributed by atoms with E-state index in [0.717, 1.165) is 78.4 Å². The van der Waals surface area contributed by atoms with Crippen molar-refractivity contribution in [3.8, 4) is 11.1 Å². The molecule has 3 nitrogen and oxygen atoms in total. The van der Waals surface area contributed by atoms with E-state index in [1.165, 1.54) is 33.0 Å². The van der Waals surface area contributed by atoms with Gasteiger partial charge in [-0.3, -0.25) is 4.99 Å². The van der Waals surface area contributed by atoms with Crippen LogP contribution in [0, 0.1) is 0 Å². The zero-order valence-electron chi connectivity index (χ0n) is 26.6. The number of nitrogens with zero attached hydrogens (tertiary/aromatic N) is 1. The second-order valence-corrected chi connectivity index (χ2v) is 13.5. The lowest BCUT2D eigenvalue weighted by Crippen LogP contribution is -2.28. The van der Waals surface area contributed by atoms with Crippen molar-refractivity contribution in [2.75, 3.05) is 0 Å². The number of allylic oxidation sites excluding steroid dienone is 1. The molecule has 0 N–H and O–H groups in total. The van der Waals surface area contributed by atoms with Crippen LogP contribution in [0.1, 0.15) is 34.1 Å². The van der Waals surface area contributed by atoms with Crippen LogP contribution < -0.4 is 0 Å². The third-order valence-electron chi connectivity index (χ3n) is 10.9. The zero-order valence-corrected chi connectivity index (χ0v) is 26.6. The standard InChI is InChI=1S/C46H29NO2/c1-26-31-13-6-8-16-39(31)47-45(38-24-29-12-4-5-14-32(29)36-22-27-10-2-3-11-28(27)23-37(36)38)43(26)30-18-19-33-34-20-21-41-44(46(34)49-42(33)25-30)35-15-7-9-17-40(35)48-41/h2-23,25,38,43H,1,24H2/t38?,43-/m0/s1. The van der Waals surface area contributed by atoms with E-state index in [4.69, 9.17) is 20.4 Å². The highest BCUT2D eigenvalue weighted by Crippen LogP contribution is 2.50. The number of benzene rings is 7. The van der Waals surface area contributed by atoms with Crippen molar-refractivity contribution in [1.82, 2.24) is 0 Å². The van der Waals surface area contributed by atoms with Crippen LogP contribution in [0.15, 0.2) is 160 Å². The molecular weight excluding hydrogens is 599 g/mol. The second kappa shape index (κ2) is 9.91. The van der Waals surface area contributed by atoms with E-state index in [0.29, 0.717) is 0 Å². The molecule has 11 rings (SSSR count). The summed E-state index contributed by atoms with van der Waals surface area (Å²) in [6.07, 6.45) is 0.880. The Morgan fingerprint density at radius 2 is 1.33 bits per heavy atom. The van der Waals surface area contributed by atoms with E-state index < -0.39 is 0 Å². The number of hydrogen-bond donors (Lipinski definition) is 0. The van der Waals surface area contributed by atoms with Gasteiger partial charge in [0.25, 0.3) is 0 Å². The fourth-order valence-electron chi connectivity index (χ4n) is 8.60. The Bertz CT molecular complexity index is 2900. The number of rotatable bonds is 2. The minimum Gasteiger partial charge on any atom is -0.456 e. The van der Waals surface area contributed by atoms with E-state index in [2.05, 4.69) is 127 Å². The third kappa shape index (κ3) is 3.81. The highest BCUT2D eigenvalue weighted by molar-refractivity contribution is 6.22. The number of hydrogen-bond acceptors (Lipinski definition) is 3. The van der Waals surface area contributed by atoms with Gasteiger partial charge in [-0.2, -0.15) is 0 Å². The first kappa shape index (κ1) is 26.8. The van der Waals surface area contributed by atoms with Crippen molar-refractivity contribution in [2.24, 2.45) is 4.99 Å². The monoisotopic (exact) mass is 627 g/mol. The van der Waals surface area contributed by atoms with Gasteiger partial charge >= 0.3 is 0 Å². The molecule has 1 aliphatic heterocycles. The van der Waals surface area contributed by atoms with Gasteiger partial charge < -0.3 is 8.83 Å². The topological polar surface area (TPSA) is 38.6 Å². The molecule has 0 amide bonds. The zero-order chi connectivity index (χ0) is 32.2. The quantitative estimate of drug-likeness (QED) is 0.191. The van der Waals surface area contributed by atoms with Crippen molar-refractivity contribution in [3.05, 3.63) is 168 Å². The Morgan fingerprint density at radius 3 is 2.24 bits per heavy atom. The predicted molar refractivity (Wildman–Crippen MR) is 202 cm³/mol. The molecule has 0 saturated carbocycles. The SMILES string of the molecule is C=C1c2ccccc2N=C(C2Cc3ccccc3-c3cc4ccccc4cc32)[C@@H]1c1ccc2c(c1)oc1c2ccc2oc3ccccc3c21. The van der Waals surface area contributed by atoms with Crippen LogP contribution in [0.5, 0.6) is 0 Å². The minimum atomic E-state index is -0.114. The first-order valence-electron chi connectivity index (χ1n) is 16.9. The average molecular weight is 628 g/mol. The molecule has 0 spiro atoms. The smallest absolute Gasteiger partial charge is 0.147 e. The van der Waals surface area contributed by atoms with Gasteiger partial charge in [-0.1, -0.05) is 104 Å². The first-order chi connectivity index (χ1) is 24.2. The Labute approximate surface area is 282 Å². The molecule has 230 valence electrons. The van der Waals surface area contributed by atoms with Gasteiger partial charge in [-0.25, -0.2) is 0 Å². The molecule has 2 aromatic heterocycles. The van der Waals surface area contributed by atoms with Gasteiger partial charge in [0.15, 0.2) is 0 Å². The molecule has 2 aliphatic rings. The summed E-state index contributed by atoms with van der Waals surface area (Å²) in [4.78, 5) is 5.53. The summed E-state index contributed by atoms with van der Waals surface area (Å²) >= 11 is 0. The van der Waals surface area contributed by atoms with Crippen molar-refractivity contribution in [3.63, 3.8) is 0 Å². The van der Waals surface area contributed by atoms with E-state index in [1.54, 1.807) is 0 Å². The summed E-state index contributed by atoms with van der Waals surface area (Å²) in [5, 5.41) is 6.77. The lowest BCUT2D eigenvalue weighted by atomic mass is 9.69. The molecule has 49 heavy (non-hydrogen) atoms. The lowest BCUT2D eigenvalue weighted by Gasteiger charge is -2.36. The number of para-hydroxylation sites is 2. The average Bonchev–Trinajstić information content (AvgIpc) is 3.71. The maximum absolute atomic E-state index is 6.77. The molecule has 1 unspecified atom stereocenters. The summed E-state index contributed by atoms with van der Waals surface area (Å²) in [5.74, 6) is -0.0372. The van der Waals surface area contributed by atoms with Crippen LogP contribution in [0.3, 0.4) is 0 Å². The molecule has 0 fully saturated rings. The molecule has 1 aliphatic carbocycles.